The molecule has 29 heavy (non-hydrogen) atoms. The minimum absolute atomic E-state index is 0.224. The van der Waals surface area contributed by atoms with Crippen LogP contribution in [-0.4, -0.2) is 35.8 Å². The molecule has 1 atom stereocenters. The van der Waals surface area contributed by atoms with Gasteiger partial charge < -0.3 is 10.1 Å². The summed E-state index contributed by atoms with van der Waals surface area (Å²) in [4.78, 5) is 54.9. The van der Waals surface area contributed by atoms with Crippen LogP contribution < -0.4 is 20.3 Å². The van der Waals surface area contributed by atoms with Crippen molar-refractivity contribution in [1.82, 2.24) is 10.3 Å². The number of nitrogens with one attached hydrogen (secondary N) is 2. The molecule has 1 saturated heterocycles. The predicted molar refractivity (Wildman–Crippen MR) is 106 cm³/mol. The summed E-state index contributed by atoms with van der Waals surface area (Å²) in [6, 6.07) is 12.4. The van der Waals surface area contributed by atoms with Crippen molar-refractivity contribution in [3.05, 3.63) is 48.5 Å². The number of barbiturate groups is 1. The first-order valence-corrected chi connectivity index (χ1v) is 9.29. The van der Waals surface area contributed by atoms with Gasteiger partial charge in [-0.2, -0.15) is 0 Å². The van der Waals surface area contributed by atoms with Gasteiger partial charge in [0.2, 0.25) is 11.8 Å². The molecule has 10 heteroatoms. The van der Waals surface area contributed by atoms with E-state index in [9.17, 15) is 19.2 Å². The second kappa shape index (κ2) is 7.32. The zero-order valence-corrected chi connectivity index (χ0v) is 15.9. The number of thiazole rings is 1. The van der Waals surface area contributed by atoms with Gasteiger partial charge in [-0.05, 0) is 30.3 Å². The molecule has 3 aromatic rings. The van der Waals surface area contributed by atoms with Crippen LogP contribution in [0.5, 0.6) is 5.75 Å². The van der Waals surface area contributed by atoms with Crippen molar-refractivity contribution < 1.29 is 23.9 Å². The number of fused-ring (bicyclic) bond motifs is 1. The molecule has 0 aliphatic carbocycles. The largest absolute Gasteiger partial charge is 0.497 e. The van der Waals surface area contributed by atoms with Crippen LogP contribution in [0.25, 0.3) is 10.2 Å². The lowest BCUT2D eigenvalue weighted by Crippen LogP contribution is -2.61. The van der Waals surface area contributed by atoms with Crippen molar-refractivity contribution in [2.24, 2.45) is 5.92 Å². The summed E-state index contributed by atoms with van der Waals surface area (Å²) in [6.07, 6.45) is 0. The fourth-order valence-electron chi connectivity index (χ4n) is 2.89. The average Bonchev–Trinajstić information content (AvgIpc) is 3.09. The van der Waals surface area contributed by atoms with Gasteiger partial charge >= 0.3 is 6.03 Å². The molecule has 4 rings (SSSR count). The van der Waals surface area contributed by atoms with Crippen LogP contribution in [0.2, 0.25) is 0 Å². The number of carbonyl (C=O) groups excluding carboxylic acids is 4. The number of methoxy groups -OCH3 is 1. The first-order valence-electron chi connectivity index (χ1n) is 8.47. The number of amides is 5. The standard InChI is InChI=1S/C19H14N4O5S/c1-28-11-7-8-12-13(9-11)29-18(20-12)21-15(24)14-16(25)22-19(27)23(17(14)26)10-5-3-2-4-6-10/h2-9,14H,1H3,(H,20,21,24)(H,22,25,27). The van der Waals surface area contributed by atoms with Crippen molar-refractivity contribution in [2.45, 2.75) is 0 Å². The summed E-state index contributed by atoms with van der Waals surface area (Å²) in [5.74, 6) is -3.85. The van der Waals surface area contributed by atoms with Crippen LogP contribution >= 0.6 is 11.3 Å². The van der Waals surface area contributed by atoms with E-state index in [-0.39, 0.29) is 10.8 Å². The maximum atomic E-state index is 12.8. The molecule has 5 amide bonds. The fraction of sp³-hybridized carbons (Fsp3) is 0.105. The van der Waals surface area contributed by atoms with Crippen LogP contribution in [0, 0.1) is 5.92 Å². The van der Waals surface area contributed by atoms with Gasteiger partial charge in [0.15, 0.2) is 11.0 Å². The molecule has 9 nitrogen and oxygen atoms in total. The molecule has 1 unspecified atom stereocenters. The van der Waals surface area contributed by atoms with E-state index in [0.717, 1.165) is 9.60 Å². The first kappa shape index (κ1) is 18.6. The van der Waals surface area contributed by atoms with E-state index in [4.69, 9.17) is 4.74 Å². The molecule has 1 fully saturated rings. The van der Waals surface area contributed by atoms with Crippen molar-refractivity contribution in [3.8, 4) is 5.75 Å². The number of imide groups is 2. The Morgan fingerprint density at radius 3 is 2.66 bits per heavy atom. The SMILES string of the molecule is COc1ccc2nc(NC(=O)C3C(=O)NC(=O)N(c4ccccc4)C3=O)sc2c1. The number of hydrogen-bond acceptors (Lipinski definition) is 7. The Morgan fingerprint density at radius 1 is 1.17 bits per heavy atom. The van der Waals surface area contributed by atoms with Crippen LogP contribution in [0.15, 0.2) is 48.5 Å². The molecule has 2 heterocycles. The van der Waals surface area contributed by atoms with Gasteiger partial charge in [0.1, 0.15) is 5.75 Å². The lowest BCUT2D eigenvalue weighted by molar-refractivity contribution is -0.139. The normalized spacial score (nSPS) is 16.7. The minimum atomic E-state index is -1.71. The van der Waals surface area contributed by atoms with Crippen LogP contribution in [-0.2, 0) is 14.4 Å². The van der Waals surface area contributed by atoms with Gasteiger partial charge in [0.05, 0.1) is 23.0 Å². The molecule has 0 saturated carbocycles. The second-order valence-electron chi connectivity index (χ2n) is 6.08. The summed E-state index contributed by atoms with van der Waals surface area (Å²) in [6.45, 7) is 0. The highest BCUT2D eigenvalue weighted by Gasteiger charge is 2.45. The molecular weight excluding hydrogens is 396 g/mol. The third kappa shape index (κ3) is 3.41. The van der Waals surface area contributed by atoms with Crippen molar-refractivity contribution in [2.75, 3.05) is 17.3 Å². The number of nitrogens with zero attached hydrogens (tertiary/aromatic N) is 2. The Balaban J connectivity index is 1.59. The number of hydrogen-bond donors (Lipinski definition) is 2. The van der Waals surface area contributed by atoms with Gasteiger partial charge in [0, 0.05) is 0 Å². The number of carbonyl (C=O) groups is 4. The van der Waals surface area contributed by atoms with Crippen molar-refractivity contribution >= 4 is 56.1 Å². The first-order chi connectivity index (χ1) is 14.0. The smallest absolute Gasteiger partial charge is 0.335 e. The van der Waals surface area contributed by atoms with Crippen LogP contribution in [0.3, 0.4) is 0 Å². The molecule has 0 bridgehead atoms. The Kier molecular flexibility index (Phi) is 4.69. The van der Waals surface area contributed by atoms with E-state index in [1.165, 1.54) is 30.6 Å². The van der Waals surface area contributed by atoms with Gasteiger partial charge in [-0.1, -0.05) is 29.5 Å². The van der Waals surface area contributed by atoms with Gasteiger partial charge in [-0.15, -0.1) is 0 Å². The van der Waals surface area contributed by atoms with Crippen molar-refractivity contribution in [1.29, 1.82) is 0 Å². The van der Waals surface area contributed by atoms with Crippen LogP contribution in [0.4, 0.5) is 15.6 Å². The Morgan fingerprint density at radius 2 is 1.93 bits per heavy atom. The van der Waals surface area contributed by atoms with E-state index in [1.807, 2.05) is 5.32 Å². The highest BCUT2D eigenvalue weighted by molar-refractivity contribution is 7.22. The average molecular weight is 410 g/mol. The quantitative estimate of drug-likeness (QED) is 0.637. The fourth-order valence-corrected chi connectivity index (χ4v) is 3.79. The van der Waals surface area contributed by atoms with E-state index >= 15 is 0 Å². The predicted octanol–water partition coefficient (Wildman–Crippen LogP) is 2.14. The molecule has 0 spiro atoms. The minimum Gasteiger partial charge on any atom is -0.497 e. The van der Waals surface area contributed by atoms with E-state index < -0.39 is 29.7 Å². The summed E-state index contributed by atoms with van der Waals surface area (Å²) in [5, 5.41) is 4.77. The summed E-state index contributed by atoms with van der Waals surface area (Å²) < 4.78 is 5.92. The second-order valence-corrected chi connectivity index (χ2v) is 7.11. The molecule has 1 aliphatic heterocycles. The Labute approximate surface area is 168 Å². The zero-order valence-electron chi connectivity index (χ0n) is 15.0. The topological polar surface area (TPSA) is 118 Å². The Bertz CT molecular complexity index is 1140. The van der Waals surface area contributed by atoms with E-state index in [2.05, 4.69) is 10.3 Å². The number of urea groups is 1. The highest BCUT2D eigenvalue weighted by Crippen LogP contribution is 2.30. The summed E-state index contributed by atoms with van der Waals surface area (Å²) in [7, 11) is 1.54. The summed E-state index contributed by atoms with van der Waals surface area (Å²) >= 11 is 1.17. The van der Waals surface area contributed by atoms with E-state index in [0.29, 0.717) is 11.3 Å². The molecule has 1 aromatic heterocycles. The van der Waals surface area contributed by atoms with Gasteiger partial charge in [0.25, 0.3) is 5.91 Å². The number of para-hydroxylation sites is 1. The Hall–Kier alpha value is -3.79. The third-order valence-electron chi connectivity index (χ3n) is 4.27. The monoisotopic (exact) mass is 410 g/mol. The van der Waals surface area contributed by atoms with Gasteiger partial charge in [-0.25, -0.2) is 14.7 Å². The molecule has 2 N–H and O–H groups in total. The molecule has 0 radical (unpaired) electrons. The highest BCUT2D eigenvalue weighted by atomic mass is 32.1. The number of benzene rings is 2. The number of ether oxygens (including phenoxy) is 1. The van der Waals surface area contributed by atoms with Crippen molar-refractivity contribution in [3.63, 3.8) is 0 Å². The number of rotatable bonds is 4. The summed E-state index contributed by atoms with van der Waals surface area (Å²) in [5.41, 5.74) is 0.888. The third-order valence-corrected chi connectivity index (χ3v) is 5.20. The maximum absolute atomic E-state index is 12.8. The number of aromatic nitrogens is 1. The molecule has 146 valence electrons. The lowest BCUT2D eigenvalue weighted by Gasteiger charge is -2.29. The lowest BCUT2D eigenvalue weighted by atomic mass is 10.0. The molecule has 1 aliphatic rings. The zero-order chi connectivity index (χ0) is 20.5. The van der Waals surface area contributed by atoms with Crippen LogP contribution in [0.1, 0.15) is 0 Å². The number of anilines is 2. The van der Waals surface area contributed by atoms with E-state index in [1.54, 1.807) is 36.4 Å². The van der Waals surface area contributed by atoms with Gasteiger partial charge in [-0.3, -0.25) is 19.7 Å². The molecule has 2 aromatic carbocycles. The molecular formula is C19H14N4O5S. The maximum Gasteiger partial charge on any atom is 0.335 e.